The lowest BCUT2D eigenvalue weighted by Crippen LogP contribution is -2.45. The zero-order valence-corrected chi connectivity index (χ0v) is 16.4. The SMILES string of the molecule is Cc1ccc(C)c(C(=O)COC(=O)[C@H](C)N2C(=O)[C@@H]3[C@H]4CC[C@@H](C4)[C@@H]3C2=O)c1. The normalized spacial score (nSPS) is 29.2. The van der Waals surface area contributed by atoms with E-state index in [1.165, 1.54) is 6.92 Å². The minimum atomic E-state index is -1.00. The van der Waals surface area contributed by atoms with Gasteiger partial charge in [-0.05, 0) is 63.5 Å². The summed E-state index contributed by atoms with van der Waals surface area (Å²) in [4.78, 5) is 51.6. The van der Waals surface area contributed by atoms with Crippen LogP contribution < -0.4 is 0 Å². The van der Waals surface area contributed by atoms with Crippen molar-refractivity contribution in [3.8, 4) is 0 Å². The fraction of sp³-hybridized carbons (Fsp3) is 0.545. The van der Waals surface area contributed by atoms with Gasteiger partial charge in [0.15, 0.2) is 6.61 Å². The third-order valence-electron chi connectivity index (χ3n) is 6.73. The van der Waals surface area contributed by atoms with Crippen LogP contribution >= 0.6 is 0 Å². The van der Waals surface area contributed by atoms with E-state index < -0.39 is 18.6 Å². The van der Waals surface area contributed by atoms with E-state index in [0.717, 1.165) is 35.3 Å². The van der Waals surface area contributed by atoms with E-state index in [1.807, 2.05) is 26.0 Å². The minimum absolute atomic E-state index is 0.243. The van der Waals surface area contributed by atoms with Crippen LogP contribution in [0.4, 0.5) is 0 Å². The number of esters is 1. The summed E-state index contributed by atoms with van der Waals surface area (Å²) in [5, 5.41) is 0. The number of rotatable bonds is 5. The molecule has 2 saturated carbocycles. The number of aryl methyl sites for hydroxylation is 2. The molecule has 148 valence electrons. The Bertz CT molecular complexity index is 848. The van der Waals surface area contributed by atoms with Crippen molar-refractivity contribution in [2.24, 2.45) is 23.7 Å². The molecule has 0 radical (unpaired) electrons. The summed E-state index contributed by atoms with van der Waals surface area (Å²) in [6.07, 6.45) is 2.92. The summed E-state index contributed by atoms with van der Waals surface area (Å²) in [5.41, 5.74) is 2.27. The highest BCUT2D eigenvalue weighted by atomic mass is 16.5. The fourth-order valence-electron chi connectivity index (χ4n) is 5.29. The summed E-state index contributed by atoms with van der Waals surface area (Å²) < 4.78 is 5.18. The number of carbonyl (C=O) groups excluding carboxylic acids is 4. The number of imide groups is 1. The average Bonchev–Trinajstić information content (AvgIpc) is 3.34. The largest absolute Gasteiger partial charge is 0.456 e. The molecule has 6 heteroatoms. The van der Waals surface area contributed by atoms with Crippen LogP contribution in [0.2, 0.25) is 0 Å². The third-order valence-corrected chi connectivity index (χ3v) is 6.73. The molecule has 3 fully saturated rings. The van der Waals surface area contributed by atoms with Crippen LogP contribution in [0.15, 0.2) is 18.2 Å². The lowest BCUT2D eigenvalue weighted by atomic mass is 9.81. The van der Waals surface area contributed by atoms with E-state index in [2.05, 4.69) is 0 Å². The second kappa shape index (κ2) is 6.83. The van der Waals surface area contributed by atoms with Crippen molar-refractivity contribution in [1.82, 2.24) is 4.90 Å². The first-order chi connectivity index (χ1) is 13.3. The molecule has 1 saturated heterocycles. The Morgan fingerprint density at radius 3 is 2.32 bits per heavy atom. The Balaban J connectivity index is 1.41. The number of nitrogens with zero attached hydrogens (tertiary/aromatic N) is 1. The van der Waals surface area contributed by atoms with Gasteiger partial charge in [0, 0.05) is 5.56 Å². The van der Waals surface area contributed by atoms with Crippen molar-refractivity contribution >= 4 is 23.6 Å². The van der Waals surface area contributed by atoms with Gasteiger partial charge in [0.25, 0.3) is 0 Å². The van der Waals surface area contributed by atoms with Crippen molar-refractivity contribution in [2.45, 2.75) is 46.1 Å². The molecule has 2 aliphatic carbocycles. The molecule has 4 rings (SSSR count). The molecule has 0 N–H and O–H groups in total. The van der Waals surface area contributed by atoms with Crippen LogP contribution in [0.25, 0.3) is 0 Å². The maximum Gasteiger partial charge on any atom is 0.329 e. The first-order valence-corrected chi connectivity index (χ1v) is 9.93. The van der Waals surface area contributed by atoms with E-state index in [1.54, 1.807) is 6.07 Å². The predicted octanol–water partition coefficient (Wildman–Crippen LogP) is 2.45. The van der Waals surface area contributed by atoms with E-state index in [0.29, 0.717) is 5.56 Å². The zero-order chi connectivity index (χ0) is 20.2. The van der Waals surface area contributed by atoms with Gasteiger partial charge < -0.3 is 4.74 Å². The first kappa shape index (κ1) is 18.8. The number of amides is 2. The maximum atomic E-state index is 12.8. The van der Waals surface area contributed by atoms with E-state index >= 15 is 0 Å². The number of ether oxygens (including phenoxy) is 1. The number of fused-ring (bicyclic) bond motifs is 5. The van der Waals surface area contributed by atoms with Gasteiger partial charge in [-0.2, -0.15) is 0 Å². The standard InChI is InChI=1S/C22H25NO5/c1-11-4-5-12(2)16(8-11)17(24)10-28-22(27)13(3)23-20(25)18-14-6-7-15(9-14)19(18)21(23)26/h4-5,8,13-15,18-19H,6-7,9-10H2,1-3H3/t13-,14-,15-,18-,19+/m0/s1. The molecule has 5 atom stereocenters. The van der Waals surface area contributed by atoms with Crippen LogP contribution in [0.5, 0.6) is 0 Å². The minimum Gasteiger partial charge on any atom is -0.456 e. The molecule has 0 aromatic heterocycles. The maximum absolute atomic E-state index is 12.8. The number of hydrogen-bond donors (Lipinski definition) is 0. The number of likely N-dealkylation sites (tertiary alicyclic amines) is 1. The summed E-state index contributed by atoms with van der Waals surface area (Å²) in [7, 11) is 0. The molecule has 1 aromatic carbocycles. The third kappa shape index (κ3) is 2.86. The molecule has 2 amide bonds. The Hall–Kier alpha value is -2.50. The molecular weight excluding hydrogens is 358 g/mol. The summed E-state index contributed by atoms with van der Waals surface area (Å²) in [5.74, 6) is -1.49. The van der Waals surface area contributed by atoms with Gasteiger partial charge in [0.2, 0.25) is 17.6 Å². The molecule has 28 heavy (non-hydrogen) atoms. The quantitative estimate of drug-likeness (QED) is 0.443. The van der Waals surface area contributed by atoms with Gasteiger partial charge in [-0.25, -0.2) is 4.79 Å². The van der Waals surface area contributed by atoms with Crippen LogP contribution in [-0.4, -0.2) is 41.1 Å². The van der Waals surface area contributed by atoms with Gasteiger partial charge in [-0.1, -0.05) is 17.7 Å². The van der Waals surface area contributed by atoms with Crippen molar-refractivity contribution in [2.75, 3.05) is 6.61 Å². The highest BCUT2D eigenvalue weighted by Gasteiger charge is 2.62. The lowest BCUT2D eigenvalue weighted by molar-refractivity contribution is -0.157. The number of Topliss-reactive ketones (excluding diaryl/α,β-unsaturated/α-hetero) is 1. The van der Waals surface area contributed by atoms with Crippen LogP contribution in [0, 0.1) is 37.5 Å². The van der Waals surface area contributed by atoms with Gasteiger partial charge in [-0.15, -0.1) is 0 Å². The Kier molecular flexibility index (Phi) is 4.60. The Morgan fingerprint density at radius 1 is 1.11 bits per heavy atom. The Morgan fingerprint density at radius 2 is 1.71 bits per heavy atom. The van der Waals surface area contributed by atoms with Crippen molar-refractivity contribution in [3.05, 3.63) is 34.9 Å². The topological polar surface area (TPSA) is 80.8 Å². The second-order valence-electron chi connectivity index (χ2n) is 8.46. The van der Waals surface area contributed by atoms with Gasteiger partial charge in [0.05, 0.1) is 11.8 Å². The van der Waals surface area contributed by atoms with E-state index in [9.17, 15) is 19.2 Å². The summed E-state index contributed by atoms with van der Waals surface area (Å²) >= 11 is 0. The summed E-state index contributed by atoms with van der Waals surface area (Å²) in [6.45, 7) is 4.82. The lowest BCUT2D eigenvalue weighted by Gasteiger charge is -2.23. The monoisotopic (exact) mass is 383 g/mol. The second-order valence-corrected chi connectivity index (χ2v) is 8.46. The smallest absolute Gasteiger partial charge is 0.329 e. The molecule has 3 aliphatic rings. The molecule has 0 unspecified atom stereocenters. The molecule has 0 spiro atoms. The van der Waals surface area contributed by atoms with Crippen LogP contribution in [0.3, 0.4) is 0 Å². The van der Waals surface area contributed by atoms with Gasteiger partial charge in [-0.3, -0.25) is 19.3 Å². The van der Waals surface area contributed by atoms with Crippen molar-refractivity contribution < 1.29 is 23.9 Å². The zero-order valence-electron chi connectivity index (χ0n) is 16.4. The number of ketones is 1. The number of benzene rings is 1. The van der Waals surface area contributed by atoms with Crippen LogP contribution in [0.1, 0.15) is 47.7 Å². The fourth-order valence-corrected chi connectivity index (χ4v) is 5.29. The number of hydrogen-bond acceptors (Lipinski definition) is 5. The highest BCUT2D eigenvalue weighted by Crippen LogP contribution is 2.56. The van der Waals surface area contributed by atoms with Crippen molar-refractivity contribution in [3.63, 3.8) is 0 Å². The van der Waals surface area contributed by atoms with Gasteiger partial charge >= 0.3 is 5.97 Å². The van der Waals surface area contributed by atoms with Crippen LogP contribution in [-0.2, 0) is 19.1 Å². The first-order valence-electron chi connectivity index (χ1n) is 9.93. The molecular formula is C22H25NO5. The molecule has 1 aromatic rings. The molecule has 1 aliphatic heterocycles. The molecule has 1 heterocycles. The molecule has 6 nitrogen and oxygen atoms in total. The van der Waals surface area contributed by atoms with Crippen molar-refractivity contribution in [1.29, 1.82) is 0 Å². The van der Waals surface area contributed by atoms with Gasteiger partial charge in [0.1, 0.15) is 6.04 Å². The number of carbonyl (C=O) groups is 4. The Labute approximate surface area is 164 Å². The molecule has 2 bridgehead atoms. The average molecular weight is 383 g/mol. The summed E-state index contributed by atoms with van der Waals surface area (Å²) in [6, 6.07) is 4.52. The van der Waals surface area contributed by atoms with E-state index in [-0.39, 0.29) is 41.3 Å². The van der Waals surface area contributed by atoms with E-state index in [4.69, 9.17) is 4.74 Å². The highest BCUT2D eigenvalue weighted by molar-refractivity contribution is 6.08. The predicted molar refractivity (Wildman–Crippen MR) is 100 cm³/mol.